The Morgan fingerprint density at radius 3 is 2.33 bits per heavy atom. The number of benzene rings is 2. The smallest absolute Gasteiger partial charge is 0.376 e. The molecule has 24 heavy (non-hydrogen) atoms. The highest BCUT2D eigenvalue weighted by Gasteiger charge is 2.19. The first-order chi connectivity index (χ1) is 11.5. The molecule has 0 aliphatic rings. The molecular formula is C17H18ClO5P. The fourth-order valence-electron chi connectivity index (χ4n) is 1.93. The van der Waals surface area contributed by atoms with E-state index in [-0.39, 0.29) is 19.1 Å². The summed E-state index contributed by atoms with van der Waals surface area (Å²) in [6, 6.07) is 15.9. The van der Waals surface area contributed by atoms with Gasteiger partial charge in [0.05, 0.1) is 13.0 Å². The van der Waals surface area contributed by atoms with Crippen LogP contribution >= 0.6 is 19.2 Å². The minimum Gasteiger partial charge on any atom is -0.449 e. The van der Waals surface area contributed by atoms with Gasteiger partial charge in [0.15, 0.2) is 6.07 Å². The Morgan fingerprint density at radius 2 is 1.71 bits per heavy atom. The molecular weight excluding hydrogens is 351 g/mol. The van der Waals surface area contributed by atoms with Crippen LogP contribution in [0.25, 0.3) is 0 Å². The van der Waals surface area contributed by atoms with Crippen LogP contribution in [0.5, 0.6) is 5.75 Å². The predicted octanol–water partition coefficient (Wildman–Crippen LogP) is 4.39. The molecule has 0 saturated carbocycles. The van der Waals surface area contributed by atoms with Gasteiger partial charge in [0.2, 0.25) is 0 Å². The first-order valence-corrected chi connectivity index (χ1v) is 9.77. The van der Waals surface area contributed by atoms with Gasteiger partial charge >= 0.3 is 13.6 Å². The lowest BCUT2D eigenvalue weighted by molar-refractivity contribution is -0.140. The molecule has 0 N–H and O–H groups in total. The van der Waals surface area contributed by atoms with Crippen LogP contribution in [0.15, 0.2) is 54.6 Å². The first-order valence-electron chi connectivity index (χ1n) is 7.24. The Hall–Kier alpha value is -1.81. The molecule has 0 bridgehead atoms. The third-order valence-corrected chi connectivity index (χ3v) is 4.32. The lowest BCUT2D eigenvalue weighted by Gasteiger charge is -2.15. The highest BCUT2D eigenvalue weighted by molar-refractivity contribution is 7.53. The molecule has 0 spiro atoms. The van der Waals surface area contributed by atoms with Gasteiger partial charge in [-0.15, -0.1) is 0 Å². The second-order valence-electron chi connectivity index (χ2n) is 5.07. The molecule has 0 amide bonds. The molecule has 2 rings (SSSR count). The molecule has 2 aromatic rings. The summed E-state index contributed by atoms with van der Waals surface area (Å²) < 4.78 is 27.9. The maximum absolute atomic E-state index is 12.4. The van der Waals surface area contributed by atoms with Crippen LogP contribution in [0.4, 0.5) is 0 Å². The summed E-state index contributed by atoms with van der Waals surface area (Å²) in [5.41, 5.74) is 1.66. The highest BCUT2D eigenvalue weighted by atomic mass is 35.5. The van der Waals surface area contributed by atoms with Crippen molar-refractivity contribution in [3.8, 4) is 5.75 Å². The summed E-state index contributed by atoms with van der Waals surface area (Å²) >= 11 is 5.33. The summed E-state index contributed by atoms with van der Waals surface area (Å²) in [7, 11) is -3.24. The average molecular weight is 369 g/mol. The Morgan fingerprint density at radius 1 is 1.04 bits per heavy atom. The normalized spacial score (nSPS) is 13.1. The molecule has 0 radical (unpaired) electrons. The Bertz CT molecular complexity index is 703. The van der Waals surface area contributed by atoms with Gasteiger partial charge in [-0.05, 0) is 23.3 Å². The van der Waals surface area contributed by atoms with Gasteiger partial charge in [0.25, 0.3) is 0 Å². The van der Waals surface area contributed by atoms with Crippen LogP contribution in [0.1, 0.15) is 11.1 Å². The van der Waals surface area contributed by atoms with Crippen LogP contribution in [0.3, 0.4) is 0 Å². The zero-order valence-electron chi connectivity index (χ0n) is 13.2. The van der Waals surface area contributed by atoms with Crippen molar-refractivity contribution in [3.05, 3.63) is 65.7 Å². The molecule has 2 aromatic carbocycles. The predicted molar refractivity (Wildman–Crippen MR) is 92.3 cm³/mol. The van der Waals surface area contributed by atoms with Crippen molar-refractivity contribution in [2.75, 3.05) is 12.7 Å². The lowest BCUT2D eigenvalue weighted by atomic mass is 10.1. The van der Waals surface area contributed by atoms with Crippen LogP contribution in [-0.2, 0) is 31.6 Å². The Balaban J connectivity index is 1.89. The van der Waals surface area contributed by atoms with Gasteiger partial charge in [-0.2, -0.15) is 0 Å². The molecule has 7 heteroatoms. The topological polar surface area (TPSA) is 61.8 Å². The van der Waals surface area contributed by atoms with Crippen molar-refractivity contribution in [3.63, 3.8) is 0 Å². The standard InChI is InChI=1S/C17H18ClO5P/c1-24(20,22-12-15-5-3-2-4-6-15)23-16-9-7-14(8-10-16)11-17(19)21-13-18/h2-10H,11-13H2,1H3. The minimum atomic E-state index is -3.24. The zero-order chi connectivity index (χ0) is 17.4. The third-order valence-electron chi connectivity index (χ3n) is 3.07. The number of esters is 1. The third kappa shape index (κ3) is 6.36. The van der Waals surface area contributed by atoms with E-state index in [9.17, 15) is 9.36 Å². The molecule has 128 valence electrons. The van der Waals surface area contributed by atoms with E-state index in [0.29, 0.717) is 5.75 Å². The van der Waals surface area contributed by atoms with Crippen molar-refractivity contribution in [2.45, 2.75) is 13.0 Å². The van der Waals surface area contributed by atoms with Crippen molar-refractivity contribution in [1.29, 1.82) is 0 Å². The molecule has 0 aliphatic carbocycles. The fraction of sp³-hybridized carbons (Fsp3) is 0.235. The number of carbonyl (C=O) groups is 1. The van der Waals surface area contributed by atoms with E-state index in [0.717, 1.165) is 11.1 Å². The van der Waals surface area contributed by atoms with Crippen molar-refractivity contribution >= 4 is 25.2 Å². The van der Waals surface area contributed by atoms with E-state index in [1.165, 1.54) is 6.66 Å². The monoisotopic (exact) mass is 368 g/mol. The molecule has 0 aliphatic heterocycles. The Labute approximate surface area is 146 Å². The molecule has 0 aromatic heterocycles. The summed E-state index contributed by atoms with van der Waals surface area (Å²) in [5.74, 6) is -0.00520. The summed E-state index contributed by atoms with van der Waals surface area (Å²) in [6.45, 7) is 1.62. The van der Waals surface area contributed by atoms with Crippen LogP contribution < -0.4 is 4.52 Å². The van der Waals surface area contributed by atoms with Gasteiger partial charge in [0.1, 0.15) is 5.75 Å². The van der Waals surface area contributed by atoms with Gasteiger partial charge in [-0.25, -0.2) is 4.57 Å². The van der Waals surface area contributed by atoms with Gasteiger partial charge in [-0.3, -0.25) is 9.32 Å². The van der Waals surface area contributed by atoms with E-state index in [4.69, 9.17) is 20.6 Å². The second kappa shape index (κ2) is 8.88. The number of hydrogen-bond acceptors (Lipinski definition) is 5. The van der Waals surface area contributed by atoms with E-state index in [2.05, 4.69) is 4.74 Å². The van der Waals surface area contributed by atoms with Gasteiger partial charge in [0, 0.05) is 6.66 Å². The van der Waals surface area contributed by atoms with Crippen molar-refractivity contribution in [1.82, 2.24) is 0 Å². The second-order valence-corrected chi connectivity index (χ2v) is 7.27. The zero-order valence-corrected chi connectivity index (χ0v) is 14.8. The number of halogens is 1. The number of hydrogen-bond donors (Lipinski definition) is 0. The molecule has 0 saturated heterocycles. The number of carbonyl (C=O) groups excluding carboxylic acids is 1. The molecule has 0 heterocycles. The maximum atomic E-state index is 12.4. The Kier molecular flexibility index (Phi) is 6.85. The van der Waals surface area contributed by atoms with E-state index < -0.39 is 13.6 Å². The largest absolute Gasteiger partial charge is 0.449 e. The summed E-state index contributed by atoms with van der Waals surface area (Å²) in [5, 5.41) is 0. The van der Waals surface area contributed by atoms with E-state index in [1.54, 1.807) is 24.3 Å². The average Bonchev–Trinajstić information content (AvgIpc) is 2.56. The fourth-order valence-corrected chi connectivity index (χ4v) is 2.99. The first kappa shape index (κ1) is 18.5. The highest BCUT2D eigenvalue weighted by Crippen LogP contribution is 2.45. The maximum Gasteiger partial charge on any atom is 0.376 e. The number of rotatable bonds is 8. The summed E-state index contributed by atoms with van der Waals surface area (Å²) in [6.07, 6.45) is 0.112. The minimum absolute atomic E-state index is 0.112. The SMILES string of the molecule is CP(=O)(OCc1ccccc1)Oc1ccc(CC(=O)OCCl)cc1. The van der Waals surface area contributed by atoms with Crippen LogP contribution in [-0.4, -0.2) is 18.7 Å². The van der Waals surface area contributed by atoms with E-state index in [1.807, 2.05) is 30.3 Å². The van der Waals surface area contributed by atoms with Gasteiger partial charge in [-0.1, -0.05) is 54.1 Å². The quantitative estimate of drug-likeness (QED) is 0.393. The van der Waals surface area contributed by atoms with Crippen LogP contribution in [0, 0.1) is 0 Å². The molecule has 1 unspecified atom stereocenters. The molecule has 0 fully saturated rings. The molecule has 1 atom stereocenters. The number of alkyl halides is 1. The van der Waals surface area contributed by atoms with Crippen LogP contribution in [0.2, 0.25) is 0 Å². The lowest BCUT2D eigenvalue weighted by Crippen LogP contribution is -2.06. The number of ether oxygens (including phenoxy) is 1. The van der Waals surface area contributed by atoms with Gasteiger partial charge < -0.3 is 9.26 Å². The van der Waals surface area contributed by atoms with Crippen molar-refractivity contribution in [2.24, 2.45) is 0 Å². The molecule has 5 nitrogen and oxygen atoms in total. The van der Waals surface area contributed by atoms with E-state index >= 15 is 0 Å². The van der Waals surface area contributed by atoms with Crippen molar-refractivity contribution < 1.29 is 23.1 Å². The summed E-state index contributed by atoms with van der Waals surface area (Å²) in [4.78, 5) is 11.3.